The fraction of sp³-hybridized carbons (Fsp3) is 0.136. The summed E-state index contributed by atoms with van der Waals surface area (Å²) in [5.74, 6) is 0.261. The van der Waals surface area contributed by atoms with Crippen LogP contribution in [-0.4, -0.2) is 20.9 Å². The highest BCUT2D eigenvalue weighted by Gasteiger charge is 2.15. The molecule has 0 aliphatic rings. The van der Waals surface area contributed by atoms with Crippen LogP contribution in [-0.2, 0) is 14.8 Å². The Labute approximate surface area is 170 Å². The van der Waals surface area contributed by atoms with E-state index in [-0.39, 0.29) is 17.4 Å². The van der Waals surface area contributed by atoms with Crippen LogP contribution in [0.3, 0.4) is 0 Å². The van der Waals surface area contributed by atoms with E-state index in [4.69, 9.17) is 4.74 Å². The van der Waals surface area contributed by atoms with Gasteiger partial charge in [0.2, 0.25) is 0 Å². The number of amides is 1. The Morgan fingerprint density at radius 2 is 1.62 bits per heavy atom. The van der Waals surface area contributed by atoms with Crippen molar-refractivity contribution in [3.63, 3.8) is 0 Å². The molecule has 0 bridgehead atoms. The molecule has 6 nitrogen and oxygen atoms in total. The molecule has 0 radical (unpaired) electrons. The van der Waals surface area contributed by atoms with Crippen LogP contribution < -0.4 is 14.8 Å². The van der Waals surface area contributed by atoms with E-state index in [1.54, 1.807) is 55.5 Å². The number of hydrogen-bond donors (Lipinski definition) is 2. The third kappa shape index (κ3) is 5.58. The molecule has 0 saturated heterocycles. The van der Waals surface area contributed by atoms with Crippen molar-refractivity contribution in [1.29, 1.82) is 0 Å². The Balaban J connectivity index is 1.67. The second-order valence-electron chi connectivity index (χ2n) is 6.60. The molecule has 2 N–H and O–H groups in total. The summed E-state index contributed by atoms with van der Waals surface area (Å²) in [6.45, 7) is 3.61. The number of hydrogen-bond acceptors (Lipinski definition) is 4. The van der Waals surface area contributed by atoms with Gasteiger partial charge in [-0.3, -0.25) is 9.52 Å². The maximum Gasteiger partial charge on any atom is 0.262 e. The number of carbonyl (C=O) groups excluding carboxylic acids is 1. The zero-order valence-electron chi connectivity index (χ0n) is 16.2. The molecular formula is C22H22N2O4S. The Hall–Kier alpha value is -3.32. The normalized spacial score (nSPS) is 11.0. The molecule has 0 aromatic heterocycles. The SMILES string of the molecule is Cc1ccc(OCC(=O)Nc2ccc(C)c(NS(=O)(=O)c3ccccc3)c2)cc1. The minimum absolute atomic E-state index is 0.151. The van der Waals surface area contributed by atoms with Crippen molar-refractivity contribution >= 4 is 27.3 Å². The lowest BCUT2D eigenvalue weighted by Gasteiger charge is -2.13. The number of carbonyl (C=O) groups is 1. The van der Waals surface area contributed by atoms with E-state index in [9.17, 15) is 13.2 Å². The largest absolute Gasteiger partial charge is 0.484 e. The van der Waals surface area contributed by atoms with Gasteiger partial charge in [0.1, 0.15) is 5.75 Å². The zero-order chi connectivity index (χ0) is 20.9. The van der Waals surface area contributed by atoms with Gasteiger partial charge in [-0.2, -0.15) is 0 Å². The van der Waals surface area contributed by atoms with E-state index in [1.165, 1.54) is 12.1 Å². The number of rotatable bonds is 7. The van der Waals surface area contributed by atoms with Crippen molar-refractivity contribution in [1.82, 2.24) is 0 Å². The molecule has 1 amide bonds. The summed E-state index contributed by atoms with van der Waals surface area (Å²) in [6.07, 6.45) is 0. The minimum atomic E-state index is -3.72. The molecule has 0 heterocycles. The summed E-state index contributed by atoms with van der Waals surface area (Å²) in [6, 6.07) is 20.5. The molecule has 0 spiro atoms. The molecule has 0 fully saturated rings. The van der Waals surface area contributed by atoms with Gasteiger partial charge < -0.3 is 10.1 Å². The standard InChI is InChI=1S/C22H22N2O4S/c1-16-8-12-19(13-9-16)28-15-22(25)23-18-11-10-17(2)21(14-18)24-29(26,27)20-6-4-3-5-7-20/h3-14,24H,15H2,1-2H3,(H,23,25). The second-order valence-corrected chi connectivity index (χ2v) is 8.28. The van der Waals surface area contributed by atoms with E-state index in [0.717, 1.165) is 11.1 Å². The van der Waals surface area contributed by atoms with Gasteiger partial charge in [-0.1, -0.05) is 42.0 Å². The summed E-state index contributed by atoms with van der Waals surface area (Å²) in [4.78, 5) is 12.3. The van der Waals surface area contributed by atoms with Gasteiger partial charge in [0, 0.05) is 5.69 Å². The predicted molar refractivity (Wildman–Crippen MR) is 114 cm³/mol. The van der Waals surface area contributed by atoms with E-state index in [0.29, 0.717) is 17.1 Å². The highest BCUT2D eigenvalue weighted by molar-refractivity contribution is 7.92. The van der Waals surface area contributed by atoms with E-state index in [2.05, 4.69) is 10.0 Å². The molecule has 3 aromatic carbocycles. The lowest BCUT2D eigenvalue weighted by Crippen LogP contribution is -2.20. The van der Waals surface area contributed by atoms with Gasteiger partial charge in [0.25, 0.3) is 15.9 Å². The summed E-state index contributed by atoms with van der Waals surface area (Å²) in [5, 5.41) is 2.72. The molecule has 0 aliphatic carbocycles. The molecule has 3 rings (SSSR count). The summed E-state index contributed by atoms with van der Waals surface area (Å²) in [5.41, 5.74) is 2.70. The highest BCUT2D eigenvalue weighted by Crippen LogP contribution is 2.23. The zero-order valence-corrected chi connectivity index (χ0v) is 17.0. The van der Waals surface area contributed by atoms with E-state index in [1.807, 2.05) is 19.1 Å². The number of nitrogens with one attached hydrogen (secondary N) is 2. The van der Waals surface area contributed by atoms with Gasteiger partial charge in [-0.15, -0.1) is 0 Å². The van der Waals surface area contributed by atoms with Crippen LogP contribution in [0.25, 0.3) is 0 Å². The molecular weight excluding hydrogens is 388 g/mol. The molecule has 0 unspecified atom stereocenters. The Kier molecular flexibility index (Phi) is 6.19. The number of benzene rings is 3. The van der Waals surface area contributed by atoms with Crippen molar-refractivity contribution in [3.05, 3.63) is 83.9 Å². The van der Waals surface area contributed by atoms with Crippen molar-refractivity contribution in [2.45, 2.75) is 18.7 Å². The van der Waals surface area contributed by atoms with E-state index >= 15 is 0 Å². The van der Waals surface area contributed by atoms with Crippen LogP contribution in [0.15, 0.2) is 77.7 Å². The maximum absolute atomic E-state index is 12.6. The monoisotopic (exact) mass is 410 g/mol. The lowest BCUT2D eigenvalue weighted by molar-refractivity contribution is -0.118. The molecule has 0 aliphatic heterocycles. The van der Waals surface area contributed by atoms with Crippen molar-refractivity contribution in [2.24, 2.45) is 0 Å². The van der Waals surface area contributed by atoms with Crippen LogP contribution in [0, 0.1) is 13.8 Å². The first-order chi connectivity index (χ1) is 13.8. The average Bonchev–Trinajstić information content (AvgIpc) is 2.70. The molecule has 150 valence electrons. The van der Waals surface area contributed by atoms with Crippen LogP contribution in [0.5, 0.6) is 5.75 Å². The van der Waals surface area contributed by atoms with Gasteiger partial charge in [0.05, 0.1) is 10.6 Å². The van der Waals surface area contributed by atoms with Crippen LogP contribution in [0.4, 0.5) is 11.4 Å². The van der Waals surface area contributed by atoms with Crippen LogP contribution in [0.2, 0.25) is 0 Å². The first-order valence-corrected chi connectivity index (χ1v) is 10.5. The molecule has 3 aromatic rings. The van der Waals surface area contributed by atoms with Crippen LogP contribution >= 0.6 is 0 Å². The quantitative estimate of drug-likeness (QED) is 0.614. The number of anilines is 2. The summed E-state index contributed by atoms with van der Waals surface area (Å²) < 4.78 is 33.1. The smallest absolute Gasteiger partial charge is 0.262 e. The third-order valence-electron chi connectivity index (χ3n) is 4.21. The molecule has 0 saturated carbocycles. The Bertz CT molecular complexity index is 1100. The first-order valence-electron chi connectivity index (χ1n) is 9.01. The average molecular weight is 410 g/mol. The van der Waals surface area contributed by atoms with Crippen LogP contribution in [0.1, 0.15) is 11.1 Å². The summed E-state index contributed by atoms with van der Waals surface area (Å²) >= 11 is 0. The lowest BCUT2D eigenvalue weighted by atomic mass is 10.2. The van der Waals surface area contributed by atoms with Gasteiger partial charge in [-0.25, -0.2) is 8.42 Å². The fourth-order valence-electron chi connectivity index (χ4n) is 2.59. The topological polar surface area (TPSA) is 84.5 Å². The molecule has 7 heteroatoms. The molecule has 0 atom stereocenters. The minimum Gasteiger partial charge on any atom is -0.484 e. The summed E-state index contributed by atoms with van der Waals surface area (Å²) in [7, 11) is -3.72. The van der Waals surface area contributed by atoms with Crippen molar-refractivity contribution in [3.8, 4) is 5.75 Å². The first kappa shape index (κ1) is 20.4. The van der Waals surface area contributed by atoms with E-state index < -0.39 is 10.0 Å². The third-order valence-corrected chi connectivity index (χ3v) is 5.59. The maximum atomic E-state index is 12.6. The molecule has 29 heavy (non-hydrogen) atoms. The number of sulfonamides is 1. The van der Waals surface area contributed by atoms with Gasteiger partial charge >= 0.3 is 0 Å². The van der Waals surface area contributed by atoms with Gasteiger partial charge in [0.15, 0.2) is 6.61 Å². The van der Waals surface area contributed by atoms with Gasteiger partial charge in [-0.05, 0) is 55.8 Å². The number of aryl methyl sites for hydroxylation is 2. The second kappa shape index (κ2) is 8.79. The number of ether oxygens (including phenoxy) is 1. The van der Waals surface area contributed by atoms with Crippen molar-refractivity contribution in [2.75, 3.05) is 16.6 Å². The Morgan fingerprint density at radius 1 is 0.931 bits per heavy atom. The Morgan fingerprint density at radius 3 is 2.31 bits per heavy atom. The van der Waals surface area contributed by atoms with Crippen molar-refractivity contribution < 1.29 is 17.9 Å². The fourth-order valence-corrected chi connectivity index (χ4v) is 3.74. The predicted octanol–water partition coefficient (Wildman–Crippen LogP) is 4.12. The highest BCUT2D eigenvalue weighted by atomic mass is 32.2.